The van der Waals surface area contributed by atoms with Gasteiger partial charge in [0.15, 0.2) is 0 Å². The van der Waals surface area contributed by atoms with Gasteiger partial charge in [-0.2, -0.15) is 0 Å². The van der Waals surface area contributed by atoms with Crippen LogP contribution in [0.3, 0.4) is 0 Å². The zero-order valence-electron chi connectivity index (χ0n) is 10.4. The molecular formula is C13H20N2O2. The van der Waals surface area contributed by atoms with Crippen LogP contribution in [0, 0.1) is 0 Å². The molecule has 1 aromatic rings. The van der Waals surface area contributed by atoms with Crippen molar-refractivity contribution in [2.75, 3.05) is 13.6 Å². The number of phenols is 1. The summed E-state index contributed by atoms with van der Waals surface area (Å²) < 4.78 is 0. The Morgan fingerprint density at radius 2 is 2.00 bits per heavy atom. The SMILES string of the molecule is CCCCNC(=O)N(C)Cc1ccc(O)cc1. The van der Waals surface area contributed by atoms with Crippen LogP contribution >= 0.6 is 0 Å². The largest absolute Gasteiger partial charge is 0.508 e. The summed E-state index contributed by atoms with van der Waals surface area (Å²) in [6.45, 7) is 3.35. The molecule has 94 valence electrons. The number of carbonyl (C=O) groups excluding carboxylic acids is 1. The van der Waals surface area contributed by atoms with E-state index in [9.17, 15) is 4.79 Å². The van der Waals surface area contributed by atoms with E-state index in [1.807, 2.05) is 12.1 Å². The molecule has 1 aromatic carbocycles. The number of benzene rings is 1. The Hall–Kier alpha value is -1.71. The van der Waals surface area contributed by atoms with E-state index in [1.165, 1.54) is 0 Å². The third-order valence-corrected chi connectivity index (χ3v) is 2.51. The predicted octanol–water partition coefficient (Wildman–Crippen LogP) is 2.33. The highest BCUT2D eigenvalue weighted by atomic mass is 16.3. The van der Waals surface area contributed by atoms with E-state index in [4.69, 9.17) is 5.11 Å². The summed E-state index contributed by atoms with van der Waals surface area (Å²) in [5.74, 6) is 0.240. The fourth-order valence-electron chi connectivity index (χ4n) is 1.45. The maximum atomic E-state index is 11.7. The molecule has 0 unspecified atom stereocenters. The van der Waals surface area contributed by atoms with E-state index < -0.39 is 0 Å². The molecule has 0 heterocycles. The van der Waals surface area contributed by atoms with Crippen molar-refractivity contribution in [2.45, 2.75) is 26.3 Å². The minimum Gasteiger partial charge on any atom is -0.508 e. The topological polar surface area (TPSA) is 52.6 Å². The minimum absolute atomic E-state index is 0.0634. The first-order valence-corrected chi connectivity index (χ1v) is 5.90. The minimum atomic E-state index is -0.0634. The highest BCUT2D eigenvalue weighted by Crippen LogP contribution is 2.10. The molecule has 0 aliphatic heterocycles. The van der Waals surface area contributed by atoms with E-state index in [-0.39, 0.29) is 11.8 Å². The van der Waals surface area contributed by atoms with Gasteiger partial charge in [-0.3, -0.25) is 0 Å². The Labute approximate surface area is 102 Å². The summed E-state index contributed by atoms with van der Waals surface area (Å²) in [6.07, 6.45) is 2.07. The maximum absolute atomic E-state index is 11.7. The summed E-state index contributed by atoms with van der Waals surface area (Å²) in [6, 6.07) is 6.80. The summed E-state index contributed by atoms with van der Waals surface area (Å²) >= 11 is 0. The molecule has 2 N–H and O–H groups in total. The highest BCUT2D eigenvalue weighted by molar-refractivity contribution is 5.73. The van der Waals surface area contributed by atoms with Gasteiger partial charge >= 0.3 is 6.03 Å². The number of phenolic OH excluding ortho intramolecular Hbond substituents is 1. The van der Waals surface area contributed by atoms with Gasteiger partial charge in [-0.1, -0.05) is 25.5 Å². The van der Waals surface area contributed by atoms with Crippen molar-refractivity contribution in [1.82, 2.24) is 10.2 Å². The molecule has 0 aliphatic rings. The maximum Gasteiger partial charge on any atom is 0.317 e. The molecule has 1 rings (SSSR count). The van der Waals surface area contributed by atoms with Crippen LogP contribution in [-0.2, 0) is 6.54 Å². The van der Waals surface area contributed by atoms with E-state index in [2.05, 4.69) is 12.2 Å². The van der Waals surface area contributed by atoms with Crippen LogP contribution in [0.15, 0.2) is 24.3 Å². The fourth-order valence-corrected chi connectivity index (χ4v) is 1.45. The normalized spacial score (nSPS) is 10.0. The van der Waals surface area contributed by atoms with Crippen molar-refractivity contribution in [2.24, 2.45) is 0 Å². The molecule has 0 atom stereocenters. The number of hydrogen-bond donors (Lipinski definition) is 2. The smallest absolute Gasteiger partial charge is 0.317 e. The van der Waals surface area contributed by atoms with Crippen LogP contribution in [0.25, 0.3) is 0 Å². The summed E-state index contributed by atoms with van der Waals surface area (Å²) in [5.41, 5.74) is 0.996. The van der Waals surface area contributed by atoms with E-state index >= 15 is 0 Å². The van der Waals surface area contributed by atoms with E-state index in [1.54, 1.807) is 24.1 Å². The van der Waals surface area contributed by atoms with Crippen molar-refractivity contribution in [3.8, 4) is 5.75 Å². The molecule has 0 aliphatic carbocycles. The first-order valence-electron chi connectivity index (χ1n) is 5.90. The summed E-state index contributed by atoms with van der Waals surface area (Å²) in [5, 5.41) is 12.0. The number of carbonyl (C=O) groups is 1. The van der Waals surface area contributed by atoms with Gasteiger partial charge in [0.05, 0.1) is 0 Å². The van der Waals surface area contributed by atoms with Gasteiger partial charge in [0, 0.05) is 20.1 Å². The van der Waals surface area contributed by atoms with Crippen molar-refractivity contribution < 1.29 is 9.90 Å². The number of nitrogens with zero attached hydrogens (tertiary/aromatic N) is 1. The average Bonchev–Trinajstić information content (AvgIpc) is 2.32. The zero-order chi connectivity index (χ0) is 12.7. The number of hydrogen-bond acceptors (Lipinski definition) is 2. The molecule has 0 aromatic heterocycles. The lowest BCUT2D eigenvalue weighted by Gasteiger charge is -2.18. The number of unbranched alkanes of at least 4 members (excludes halogenated alkanes) is 1. The Bertz CT molecular complexity index is 349. The first kappa shape index (κ1) is 13.4. The van der Waals surface area contributed by atoms with Gasteiger partial charge in [-0.05, 0) is 24.1 Å². The standard InChI is InChI=1S/C13H20N2O2/c1-3-4-9-14-13(17)15(2)10-11-5-7-12(16)8-6-11/h5-8,16H,3-4,9-10H2,1-2H3,(H,14,17). The Morgan fingerprint density at radius 3 is 2.59 bits per heavy atom. The second-order valence-electron chi connectivity index (χ2n) is 4.11. The monoisotopic (exact) mass is 236 g/mol. The highest BCUT2D eigenvalue weighted by Gasteiger charge is 2.07. The van der Waals surface area contributed by atoms with Crippen LogP contribution in [-0.4, -0.2) is 29.6 Å². The fraction of sp³-hybridized carbons (Fsp3) is 0.462. The molecule has 2 amide bonds. The van der Waals surface area contributed by atoms with Crippen molar-refractivity contribution >= 4 is 6.03 Å². The molecule has 0 spiro atoms. The molecule has 4 nitrogen and oxygen atoms in total. The Balaban J connectivity index is 2.40. The molecule has 0 bridgehead atoms. The lowest BCUT2D eigenvalue weighted by Crippen LogP contribution is -2.37. The van der Waals surface area contributed by atoms with Crippen LogP contribution in [0.1, 0.15) is 25.3 Å². The van der Waals surface area contributed by atoms with Crippen molar-refractivity contribution in [3.05, 3.63) is 29.8 Å². The second-order valence-corrected chi connectivity index (χ2v) is 4.11. The molecule has 0 radical (unpaired) electrons. The van der Waals surface area contributed by atoms with Crippen LogP contribution in [0.2, 0.25) is 0 Å². The number of nitrogens with one attached hydrogen (secondary N) is 1. The lowest BCUT2D eigenvalue weighted by atomic mass is 10.2. The molecule has 17 heavy (non-hydrogen) atoms. The van der Waals surface area contributed by atoms with Crippen LogP contribution in [0.5, 0.6) is 5.75 Å². The van der Waals surface area contributed by atoms with Gasteiger partial charge in [0.1, 0.15) is 5.75 Å². The molecule has 0 saturated carbocycles. The number of urea groups is 1. The molecule has 0 fully saturated rings. The molecule has 4 heteroatoms. The van der Waals surface area contributed by atoms with Gasteiger partial charge < -0.3 is 15.3 Å². The van der Waals surface area contributed by atoms with Gasteiger partial charge in [-0.15, -0.1) is 0 Å². The molecular weight excluding hydrogens is 216 g/mol. The van der Waals surface area contributed by atoms with Crippen LogP contribution in [0.4, 0.5) is 4.79 Å². The van der Waals surface area contributed by atoms with E-state index in [0.717, 1.165) is 24.9 Å². The zero-order valence-corrected chi connectivity index (χ0v) is 10.4. The van der Waals surface area contributed by atoms with E-state index in [0.29, 0.717) is 6.54 Å². The summed E-state index contributed by atoms with van der Waals surface area (Å²) in [7, 11) is 1.76. The predicted molar refractivity (Wildman–Crippen MR) is 67.9 cm³/mol. The number of amides is 2. The lowest BCUT2D eigenvalue weighted by molar-refractivity contribution is 0.207. The van der Waals surface area contributed by atoms with Crippen LogP contribution < -0.4 is 5.32 Å². The Kier molecular flexibility index (Phi) is 5.33. The summed E-state index contributed by atoms with van der Waals surface area (Å²) in [4.78, 5) is 13.3. The average molecular weight is 236 g/mol. The first-order chi connectivity index (χ1) is 8.13. The van der Waals surface area contributed by atoms with Gasteiger partial charge in [-0.25, -0.2) is 4.79 Å². The van der Waals surface area contributed by atoms with Gasteiger partial charge in [0.25, 0.3) is 0 Å². The van der Waals surface area contributed by atoms with Crippen molar-refractivity contribution in [1.29, 1.82) is 0 Å². The third-order valence-electron chi connectivity index (χ3n) is 2.51. The number of rotatable bonds is 5. The second kappa shape index (κ2) is 6.78. The molecule has 0 saturated heterocycles. The quantitative estimate of drug-likeness (QED) is 0.771. The van der Waals surface area contributed by atoms with Crippen molar-refractivity contribution in [3.63, 3.8) is 0 Å². The van der Waals surface area contributed by atoms with Gasteiger partial charge in [0.2, 0.25) is 0 Å². The Morgan fingerprint density at radius 1 is 1.35 bits per heavy atom. The number of aromatic hydroxyl groups is 1. The third kappa shape index (κ3) is 4.76.